The van der Waals surface area contributed by atoms with Crippen molar-refractivity contribution in [1.29, 1.82) is 0 Å². The molecule has 0 bridgehead atoms. The summed E-state index contributed by atoms with van der Waals surface area (Å²) in [7, 11) is 0. The van der Waals surface area contributed by atoms with Crippen molar-refractivity contribution in [2.75, 3.05) is 6.54 Å². The highest BCUT2D eigenvalue weighted by Crippen LogP contribution is 2.30. The van der Waals surface area contributed by atoms with Crippen LogP contribution in [0, 0.1) is 0 Å². The summed E-state index contributed by atoms with van der Waals surface area (Å²) in [6, 6.07) is 1.65. The van der Waals surface area contributed by atoms with E-state index in [4.69, 9.17) is 21.1 Å². The Balaban J connectivity index is 2.08. The van der Waals surface area contributed by atoms with E-state index in [1.165, 1.54) is 12.3 Å². The van der Waals surface area contributed by atoms with Gasteiger partial charge in [-0.15, -0.1) is 0 Å². The highest BCUT2D eigenvalue weighted by molar-refractivity contribution is 6.32. The van der Waals surface area contributed by atoms with Gasteiger partial charge in [0, 0.05) is 12.6 Å². The molecule has 0 spiro atoms. The Morgan fingerprint density at radius 2 is 2.24 bits per heavy atom. The van der Waals surface area contributed by atoms with Crippen LogP contribution in [-0.4, -0.2) is 34.5 Å². The summed E-state index contributed by atoms with van der Waals surface area (Å²) in [6.07, 6.45) is 3.12. The van der Waals surface area contributed by atoms with Gasteiger partial charge >= 0.3 is 5.97 Å². The van der Waals surface area contributed by atoms with Crippen LogP contribution in [0.2, 0.25) is 5.22 Å². The number of carboxylic acids is 1. The van der Waals surface area contributed by atoms with Crippen LogP contribution in [0.4, 0.5) is 0 Å². The van der Waals surface area contributed by atoms with Crippen LogP contribution in [0.3, 0.4) is 0 Å². The zero-order chi connectivity index (χ0) is 12.4. The van der Waals surface area contributed by atoms with Crippen LogP contribution in [0.15, 0.2) is 16.7 Å². The van der Waals surface area contributed by atoms with Crippen LogP contribution in [0.1, 0.15) is 29.6 Å². The van der Waals surface area contributed by atoms with Crippen molar-refractivity contribution >= 4 is 23.5 Å². The molecule has 0 unspecified atom stereocenters. The number of carbonyl (C=O) groups excluding carboxylic acids is 1. The Morgan fingerprint density at radius 3 is 2.71 bits per heavy atom. The third-order valence-corrected chi connectivity index (χ3v) is 2.96. The molecule has 1 amide bonds. The number of halogens is 1. The van der Waals surface area contributed by atoms with E-state index in [-0.39, 0.29) is 30.1 Å². The fourth-order valence-corrected chi connectivity index (χ4v) is 1.85. The minimum absolute atomic E-state index is 0.0518. The van der Waals surface area contributed by atoms with Crippen molar-refractivity contribution < 1.29 is 19.1 Å². The average molecular weight is 258 g/mol. The van der Waals surface area contributed by atoms with Crippen LogP contribution < -0.4 is 0 Å². The SMILES string of the molecule is O=C(O)CCN(C(=O)c1ccoc1Cl)C1CC1. The summed E-state index contributed by atoms with van der Waals surface area (Å²) >= 11 is 5.74. The number of nitrogens with zero attached hydrogens (tertiary/aromatic N) is 1. The second kappa shape index (κ2) is 4.79. The van der Waals surface area contributed by atoms with Gasteiger partial charge in [-0.2, -0.15) is 0 Å². The summed E-state index contributed by atoms with van der Waals surface area (Å²) in [5.74, 6) is -1.17. The molecular weight excluding hydrogens is 246 g/mol. The number of hydrogen-bond acceptors (Lipinski definition) is 3. The van der Waals surface area contributed by atoms with E-state index in [0.29, 0.717) is 5.56 Å². The molecule has 1 N–H and O–H groups in total. The predicted octanol–water partition coefficient (Wildman–Crippen LogP) is 2.01. The average Bonchev–Trinajstić information content (AvgIpc) is 3.00. The number of hydrogen-bond donors (Lipinski definition) is 1. The Kier molecular flexibility index (Phi) is 3.38. The molecule has 17 heavy (non-hydrogen) atoms. The largest absolute Gasteiger partial charge is 0.481 e. The highest BCUT2D eigenvalue weighted by Gasteiger charge is 2.34. The van der Waals surface area contributed by atoms with Crippen LogP contribution in [-0.2, 0) is 4.79 Å². The molecule has 1 heterocycles. The summed E-state index contributed by atoms with van der Waals surface area (Å²) in [5, 5.41) is 8.70. The quantitative estimate of drug-likeness (QED) is 0.876. The van der Waals surface area contributed by atoms with Gasteiger partial charge < -0.3 is 14.4 Å². The summed E-state index contributed by atoms with van der Waals surface area (Å²) in [4.78, 5) is 24.2. The molecule has 1 aromatic rings. The minimum atomic E-state index is -0.915. The van der Waals surface area contributed by atoms with Gasteiger partial charge in [0.05, 0.1) is 18.2 Å². The topological polar surface area (TPSA) is 70.8 Å². The first-order chi connectivity index (χ1) is 8.09. The van der Waals surface area contributed by atoms with E-state index in [9.17, 15) is 9.59 Å². The molecule has 1 fully saturated rings. The van der Waals surface area contributed by atoms with Gasteiger partial charge in [0.1, 0.15) is 0 Å². The van der Waals surface area contributed by atoms with E-state index in [0.717, 1.165) is 12.8 Å². The summed E-state index contributed by atoms with van der Waals surface area (Å²) in [5.41, 5.74) is 0.295. The van der Waals surface area contributed by atoms with Crippen LogP contribution in [0.5, 0.6) is 0 Å². The third kappa shape index (κ3) is 2.79. The van der Waals surface area contributed by atoms with Gasteiger partial charge in [0.25, 0.3) is 5.91 Å². The molecule has 5 nitrogen and oxygen atoms in total. The summed E-state index contributed by atoms with van der Waals surface area (Å²) in [6.45, 7) is 0.209. The maximum absolute atomic E-state index is 12.1. The molecule has 1 aliphatic carbocycles. The highest BCUT2D eigenvalue weighted by atomic mass is 35.5. The monoisotopic (exact) mass is 257 g/mol. The molecule has 1 aliphatic rings. The maximum Gasteiger partial charge on any atom is 0.305 e. The lowest BCUT2D eigenvalue weighted by molar-refractivity contribution is -0.137. The molecule has 1 saturated carbocycles. The van der Waals surface area contributed by atoms with E-state index in [2.05, 4.69) is 0 Å². The number of furan rings is 1. The molecule has 0 aromatic carbocycles. The maximum atomic E-state index is 12.1. The molecule has 2 rings (SSSR count). The van der Waals surface area contributed by atoms with Gasteiger partial charge in [-0.3, -0.25) is 9.59 Å². The molecule has 0 radical (unpaired) electrons. The van der Waals surface area contributed by atoms with E-state index >= 15 is 0 Å². The smallest absolute Gasteiger partial charge is 0.305 e. The third-order valence-electron chi connectivity index (χ3n) is 2.66. The Labute approximate surface area is 103 Å². The number of rotatable bonds is 5. The fourth-order valence-electron chi connectivity index (χ4n) is 1.65. The first kappa shape index (κ1) is 12.0. The molecular formula is C11H12ClNO4. The Hall–Kier alpha value is -1.49. The lowest BCUT2D eigenvalue weighted by Gasteiger charge is -2.20. The van der Waals surface area contributed by atoms with Crippen molar-refractivity contribution in [3.05, 3.63) is 23.1 Å². The first-order valence-corrected chi connectivity index (χ1v) is 5.73. The van der Waals surface area contributed by atoms with Gasteiger partial charge in [0.15, 0.2) is 0 Å². The molecule has 0 aliphatic heterocycles. The fraction of sp³-hybridized carbons (Fsp3) is 0.455. The van der Waals surface area contributed by atoms with Crippen molar-refractivity contribution in [3.8, 4) is 0 Å². The van der Waals surface area contributed by atoms with Crippen molar-refractivity contribution in [2.45, 2.75) is 25.3 Å². The molecule has 6 heteroatoms. The van der Waals surface area contributed by atoms with E-state index < -0.39 is 5.97 Å². The second-order valence-electron chi connectivity index (χ2n) is 3.98. The molecule has 1 aromatic heterocycles. The Morgan fingerprint density at radius 1 is 1.53 bits per heavy atom. The minimum Gasteiger partial charge on any atom is -0.481 e. The second-order valence-corrected chi connectivity index (χ2v) is 4.32. The van der Waals surface area contributed by atoms with Crippen molar-refractivity contribution in [2.24, 2.45) is 0 Å². The number of carboxylic acid groups (broad SMARTS) is 1. The van der Waals surface area contributed by atoms with Gasteiger partial charge in [0.2, 0.25) is 5.22 Å². The van der Waals surface area contributed by atoms with Crippen LogP contribution >= 0.6 is 11.6 Å². The normalized spacial score (nSPS) is 14.6. The molecule has 0 atom stereocenters. The lowest BCUT2D eigenvalue weighted by atomic mass is 10.2. The zero-order valence-electron chi connectivity index (χ0n) is 9.06. The standard InChI is InChI=1S/C11H12ClNO4/c12-10-8(4-6-17-10)11(16)13(7-1-2-7)5-3-9(14)15/h4,6-7H,1-3,5H2,(H,14,15). The first-order valence-electron chi connectivity index (χ1n) is 5.35. The van der Waals surface area contributed by atoms with Crippen molar-refractivity contribution in [3.63, 3.8) is 0 Å². The Bertz CT molecular complexity index is 438. The number of amides is 1. The molecule has 0 saturated heterocycles. The lowest BCUT2D eigenvalue weighted by Crippen LogP contribution is -2.34. The predicted molar refractivity (Wildman–Crippen MR) is 60.0 cm³/mol. The van der Waals surface area contributed by atoms with Crippen molar-refractivity contribution in [1.82, 2.24) is 4.90 Å². The summed E-state index contributed by atoms with van der Waals surface area (Å²) < 4.78 is 4.86. The zero-order valence-corrected chi connectivity index (χ0v) is 9.81. The van der Waals surface area contributed by atoms with E-state index in [1.54, 1.807) is 4.90 Å². The van der Waals surface area contributed by atoms with Gasteiger partial charge in [-0.1, -0.05) is 0 Å². The van der Waals surface area contributed by atoms with Gasteiger partial charge in [-0.05, 0) is 30.5 Å². The number of aliphatic carboxylic acids is 1. The molecule has 92 valence electrons. The van der Waals surface area contributed by atoms with Gasteiger partial charge in [-0.25, -0.2) is 0 Å². The number of carbonyl (C=O) groups is 2. The van der Waals surface area contributed by atoms with E-state index in [1.807, 2.05) is 0 Å². The van der Waals surface area contributed by atoms with Crippen LogP contribution in [0.25, 0.3) is 0 Å².